The highest BCUT2D eigenvalue weighted by atomic mass is 19.4. The minimum Gasteiger partial charge on any atom is -0.406 e. The summed E-state index contributed by atoms with van der Waals surface area (Å²) in [5, 5.41) is 2.32. The van der Waals surface area contributed by atoms with Gasteiger partial charge in [-0.2, -0.15) is 0 Å². The molecule has 0 amide bonds. The van der Waals surface area contributed by atoms with E-state index in [1.165, 1.54) is 30.3 Å². The van der Waals surface area contributed by atoms with Crippen molar-refractivity contribution in [2.45, 2.75) is 6.36 Å². The molecule has 0 aliphatic rings. The molecule has 2 N–H and O–H groups in total. The van der Waals surface area contributed by atoms with Crippen molar-refractivity contribution in [1.29, 1.82) is 0 Å². The van der Waals surface area contributed by atoms with Gasteiger partial charge in [0.1, 0.15) is 5.75 Å². The number of nitrogens with two attached hydrogens (primary N) is 1. The Morgan fingerprint density at radius 3 is 2.29 bits per heavy atom. The molecule has 0 aliphatic heterocycles. The van der Waals surface area contributed by atoms with Crippen molar-refractivity contribution < 1.29 is 22.7 Å². The van der Waals surface area contributed by atoms with Crippen LogP contribution in [0.3, 0.4) is 0 Å². The topological polar surface area (TPSA) is 73.9 Å². The molecule has 2 aromatic rings. The second-order valence-electron chi connectivity index (χ2n) is 3.99. The second-order valence-corrected chi connectivity index (χ2v) is 3.99. The van der Waals surface area contributed by atoms with Crippen LogP contribution in [0.5, 0.6) is 11.5 Å². The number of hydrogen-bond acceptors (Lipinski definition) is 5. The molecule has 0 bridgehead atoms. The number of rotatable bonds is 4. The largest absolute Gasteiger partial charge is 0.573 e. The maximum atomic E-state index is 12.1. The molecule has 0 spiro atoms. The molecule has 0 heterocycles. The Hall–Kier alpha value is -2.77. The lowest BCUT2D eigenvalue weighted by atomic mass is 10.0. The van der Waals surface area contributed by atoms with Crippen molar-refractivity contribution in [2.24, 2.45) is 5.34 Å². The third-order valence-electron chi connectivity index (χ3n) is 2.54. The van der Waals surface area contributed by atoms with Crippen LogP contribution in [-0.2, 0) is 0 Å². The van der Waals surface area contributed by atoms with E-state index in [4.69, 9.17) is 5.73 Å². The van der Waals surface area contributed by atoms with Crippen molar-refractivity contribution in [2.75, 3.05) is 5.73 Å². The van der Waals surface area contributed by atoms with Gasteiger partial charge in [0.2, 0.25) is 0 Å². The molecule has 2 rings (SSSR count). The summed E-state index contributed by atoms with van der Waals surface area (Å²) in [5.74, 6) is -0.213. The lowest BCUT2D eigenvalue weighted by Gasteiger charge is -2.10. The molecule has 8 heteroatoms. The van der Waals surface area contributed by atoms with Crippen molar-refractivity contribution in [3.8, 4) is 22.6 Å². The number of hydrogen-bond donors (Lipinski definition) is 1. The SMILES string of the molecule is Nc1ccc(ON=O)c(-c2ccc(OC(F)(F)F)cc2)c1. The highest BCUT2D eigenvalue weighted by Gasteiger charge is 2.31. The number of nitrogen functional groups attached to an aromatic ring is 1. The summed E-state index contributed by atoms with van der Waals surface area (Å²) in [6, 6.07) is 9.51. The molecule has 110 valence electrons. The summed E-state index contributed by atoms with van der Waals surface area (Å²) in [6.45, 7) is 0. The smallest absolute Gasteiger partial charge is 0.406 e. The Balaban J connectivity index is 2.34. The molecule has 5 nitrogen and oxygen atoms in total. The third kappa shape index (κ3) is 3.85. The molecule has 21 heavy (non-hydrogen) atoms. The maximum Gasteiger partial charge on any atom is 0.573 e. The van der Waals surface area contributed by atoms with E-state index in [1.807, 2.05) is 0 Å². The lowest BCUT2D eigenvalue weighted by Crippen LogP contribution is -2.16. The van der Waals surface area contributed by atoms with Gasteiger partial charge in [0, 0.05) is 11.3 Å². The first-order chi connectivity index (χ1) is 9.89. The minimum absolute atomic E-state index is 0.142. The average Bonchev–Trinajstić information content (AvgIpc) is 2.40. The van der Waals surface area contributed by atoms with Gasteiger partial charge in [-0.3, -0.25) is 0 Å². The quantitative estimate of drug-likeness (QED) is 0.528. The van der Waals surface area contributed by atoms with Crippen LogP contribution in [0.2, 0.25) is 0 Å². The molecular weight excluding hydrogens is 289 g/mol. The Morgan fingerprint density at radius 2 is 1.71 bits per heavy atom. The number of benzene rings is 2. The van der Waals surface area contributed by atoms with E-state index in [-0.39, 0.29) is 11.5 Å². The predicted octanol–water partition coefficient (Wildman–Crippen LogP) is 3.89. The van der Waals surface area contributed by atoms with Gasteiger partial charge in [-0.1, -0.05) is 12.1 Å². The molecule has 0 aliphatic carbocycles. The highest BCUT2D eigenvalue weighted by molar-refractivity contribution is 5.74. The van der Waals surface area contributed by atoms with Crippen LogP contribution in [0.25, 0.3) is 11.1 Å². The van der Waals surface area contributed by atoms with Gasteiger partial charge in [0.05, 0.1) is 0 Å². The number of anilines is 1. The minimum atomic E-state index is -4.76. The lowest BCUT2D eigenvalue weighted by molar-refractivity contribution is -0.274. The van der Waals surface area contributed by atoms with E-state index in [2.05, 4.69) is 14.9 Å². The van der Waals surface area contributed by atoms with Gasteiger partial charge >= 0.3 is 6.36 Å². The first-order valence-electron chi connectivity index (χ1n) is 5.64. The summed E-state index contributed by atoms with van der Waals surface area (Å²) < 4.78 is 40.0. The van der Waals surface area contributed by atoms with Gasteiger partial charge in [-0.25, -0.2) is 0 Å². The molecule has 0 unspecified atom stereocenters. The summed E-state index contributed by atoms with van der Waals surface area (Å²) in [4.78, 5) is 14.8. The molecular formula is C13H9F3N2O3. The molecule has 2 aromatic carbocycles. The van der Waals surface area contributed by atoms with Crippen molar-refractivity contribution in [3.63, 3.8) is 0 Å². The molecule has 0 radical (unpaired) electrons. The summed E-state index contributed by atoms with van der Waals surface area (Å²) >= 11 is 0. The zero-order valence-electron chi connectivity index (χ0n) is 10.4. The van der Waals surface area contributed by atoms with Crippen LogP contribution in [0.4, 0.5) is 18.9 Å². The Kier molecular flexibility index (Phi) is 3.97. The third-order valence-corrected chi connectivity index (χ3v) is 2.54. The molecule has 0 aromatic heterocycles. The predicted molar refractivity (Wildman–Crippen MR) is 69.4 cm³/mol. The van der Waals surface area contributed by atoms with Crippen LogP contribution < -0.4 is 15.3 Å². The first kappa shape index (κ1) is 14.6. The van der Waals surface area contributed by atoms with Crippen LogP contribution in [0.15, 0.2) is 47.8 Å². The zero-order chi connectivity index (χ0) is 15.5. The van der Waals surface area contributed by atoms with Gasteiger partial charge in [0.25, 0.3) is 0 Å². The van der Waals surface area contributed by atoms with Crippen LogP contribution in [0, 0.1) is 4.91 Å². The fourth-order valence-electron chi connectivity index (χ4n) is 1.73. The Bertz CT molecular complexity index is 642. The summed E-state index contributed by atoms with van der Waals surface area (Å²) in [6.07, 6.45) is -4.76. The first-order valence-corrected chi connectivity index (χ1v) is 5.64. The standard InChI is InChI=1S/C13H9F3N2O3/c14-13(15,16)20-10-4-1-8(2-5-10)11-7-9(17)3-6-12(11)21-18-19/h1-7H,17H2. The maximum absolute atomic E-state index is 12.1. The van der Waals surface area contributed by atoms with Gasteiger partial charge in [0.15, 0.2) is 11.1 Å². The van der Waals surface area contributed by atoms with E-state index in [9.17, 15) is 18.1 Å². The Morgan fingerprint density at radius 1 is 1.05 bits per heavy atom. The van der Waals surface area contributed by atoms with Gasteiger partial charge < -0.3 is 15.3 Å². The fraction of sp³-hybridized carbons (Fsp3) is 0.0769. The van der Waals surface area contributed by atoms with E-state index < -0.39 is 6.36 Å². The number of ether oxygens (including phenoxy) is 1. The van der Waals surface area contributed by atoms with Crippen molar-refractivity contribution >= 4 is 5.69 Å². The van der Waals surface area contributed by atoms with Crippen molar-refractivity contribution in [1.82, 2.24) is 0 Å². The molecule has 0 saturated carbocycles. The highest BCUT2D eigenvalue weighted by Crippen LogP contribution is 2.33. The monoisotopic (exact) mass is 298 g/mol. The zero-order valence-corrected chi connectivity index (χ0v) is 10.4. The van der Waals surface area contributed by atoms with E-state index in [0.717, 1.165) is 12.1 Å². The van der Waals surface area contributed by atoms with Crippen LogP contribution in [0.1, 0.15) is 0 Å². The van der Waals surface area contributed by atoms with Crippen molar-refractivity contribution in [3.05, 3.63) is 47.4 Å². The van der Waals surface area contributed by atoms with E-state index in [0.29, 0.717) is 16.8 Å². The van der Waals surface area contributed by atoms with Gasteiger partial charge in [-0.05, 0) is 35.9 Å². The summed E-state index contributed by atoms with van der Waals surface area (Å²) in [7, 11) is 0. The number of nitrogens with zero attached hydrogens (tertiary/aromatic N) is 1. The average molecular weight is 298 g/mol. The van der Waals surface area contributed by atoms with Crippen LogP contribution in [-0.4, -0.2) is 6.36 Å². The summed E-state index contributed by atoms with van der Waals surface area (Å²) in [5.41, 5.74) is 6.96. The fourth-order valence-corrected chi connectivity index (χ4v) is 1.73. The molecule has 0 atom stereocenters. The van der Waals surface area contributed by atoms with E-state index in [1.54, 1.807) is 0 Å². The Labute approximate surface area is 117 Å². The normalized spacial score (nSPS) is 11.0. The number of halogens is 3. The number of alkyl halides is 3. The molecule has 0 saturated heterocycles. The van der Waals surface area contributed by atoms with Crippen LogP contribution >= 0.6 is 0 Å². The van der Waals surface area contributed by atoms with E-state index >= 15 is 0 Å². The van der Waals surface area contributed by atoms with Gasteiger partial charge in [-0.15, -0.1) is 18.1 Å². The second kappa shape index (κ2) is 5.70. The molecule has 0 fully saturated rings.